The van der Waals surface area contributed by atoms with E-state index in [1.54, 1.807) is 42.2 Å². The first-order valence-corrected chi connectivity index (χ1v) is 8.71. The van der Waals surface area contributed by atoms with Crippen LogP contribution >= 0.6 is 11.8 Å². The third kappa shape index (κ3) is 5.42. The molecule has 1 aromatic heterocycles. The van der Waals surface area contributed by atoms with Gasteiger partial charge >= 0.3 is 0 Å². The van der Waals surface area contributed by atoms with E-state index in [1.807, 2.05) is 24.7 Å². The largest absolute Gasteiger partial charge is 0.484 e. The van der Waals surface area contributed by atoms with Crippen molar-refractivity contribution in [3.8, 4) is 5.75 Å². The lowest BCUT2D eigenvalue weighted by atomic mass is 10.1. The molecule has 1 aromatic carbocycles. The Labute approximate surface area is 145 Å². The topological polar surface area (TPSA) is 73.2 Å². The van der Waals surface area contributed by atoms with Crippen LogP contribution in [0.5, 0.6) is 5.75 Å². The summed E-state index contributed by atoms with van der Waals surface area (Å²) >= 11 is 1.58. The second-order valence-corrected chi connectivity index (χ2v) is 6.17. The molecule has 0 fully saturated rings. The van der Waals surface area contributed by atoms with Crippen molar-refractivity contribution in [1.29, 1.82) is 0 Å². The van der Waals surface area contributed by atoms with Gasteiger partial charge in [0.1, 0.15) is 5.75 Å². The van der Waals surface area contributed by atoms with Crippen molar-refractivity contribution in [2.45, 2.75) is 18.5 Å². The standard InChI is InChI=1S/C17H21N3O3S/c1-3-15(21)13-4-6-14(7-5-13)23-12-16(22)18-9-11-24-17-19-8-10-20(17)2/h4-8,10H,3,9,11-12H2,1-2H3,(H,18,22). The van der Waals surface area contributed by atoms with Crippen LogP contribution in [0, 0.1) is 0 Å². The van der Waals surface area contributed by atoms with Crippen LogP contribution in [0.1, 0.15) is 23.7 Å². The number of hydrogen-bond donors (Lipinski definition) is 1. The lowest BCUT2D eigenvalue weighted by molar-refractivity contribution is -0.122. The highest BCUT2D eigenvalue weighted by molar-refractivity contribution is 7.99. The van der Waals surface area contributed by atoms with Crippen LogP contribution in [0.25, 0.3) is 0 Å². The first kappa shape index (κ1) is 18.1. The highest BCUT2D eigenvalue weighted by atomic mass is 32.2. The quantitative estimate of drug-likeness (QED) is 0.428. The van der Waals surface area contributed by atoms with E-state index in [0.29, 0.717) is 24.3 Å². The number of aryl methyl sites for hydroxylation is 1. The average molecular weight is 347 g/mol. The third-order valence-electron chi connectivity index (χ3n) is 3.30. The molecule has 0 saturated heterocycles. The van der Waals surface area contributed by atoms with E-state index >= 15 is 0 Å². The molecule has 24 heavy (non-hydrogen) atoms. The summed E-state index contributed by atoms with van der Waals surface area (Å²) in [5.41, 5.74) is 0.653. The molecule has 2 aromatic rings. The summed E-state index contributed by atoms with van der Waals surface area (Å²) in [6, 6.07) is 6.82. The average Bonchev–Trinajstić information content (AvgIpc) is 3.01. The zero-order valence-electron chi connectivity index (χ0n) is 13.8. The molecule has 0 aliphatic carbocycles. The summed E-state index contributed by atoms with van der Waals surface area (Å²) in [6.07, 6.45) is 4.10. The molecule has 0 spiro atoms. The van der Waals surface area contributed by atoms with E-state index in [-0.39, 0.29) is 18.3 Å². The van der Waals surface area contributed by atoms with Crippen LogP contribution in [-0.4, -0.2) is 40.1 Å². The van der Waals surface area contributed by atoms with Gasteiger partial charge in [0.05, 0.1) is 0 Å². The van der Waals surface area contributed by atoms with Gasteiger partial charge in [0, 0.05) is 43.7 Å². The number of rotatable bonds is 9. The number of ketones is 1. The van der Waals surface area contributed by atoms with Gasteiger partial charge in [-0.2, -0.15) is 0 Å². The summed E-state index contributed by atoms with van der Waals surface area (Å²) in [7, 11) is 1.93. The maximum absolute atomic E-state index is 11.7. The van der Waals surface area contributed by atoms with Crippen LogP contribution in [0.3, 0.4) is 0 Å². The third-order valence-corrected chi connectivity index (χ3v) is 4.36. The predicted molar refractivity (Wildman–Crippen MR) is 93.5 cm³/mol. The number of thioether (sulfide) groups is 1. The number of Topliss-reactive ketones (excluding diaryl/α,β-unsaturated/α-hetero) is 1. The fraction of sp³-hybridized carbons (Fsp3) is 0.353. The van der Waals surface area contributed by atoms with Crippen molar-refractivity contribution in [1.82, 2.24) is 14.9 Å². The Hall–Kier alpha value is -2.28. The molecule has 0 unspecified atom stereocenters. The first-order chi connectivity index (χ1) is 11.6. The number of carbonyl (C=O) groups is 2. The van der Waals surface area contributed by atoms with E-state index in [4.69, 9.17) is 4.74 Å². The Balaban J connectivity index is 1.65. The fourth-order valence-electron chi connectivity index (χ4n) is 1.96. The molecular formula is C17H21N3O3S. The highest BCUT2D eigenvalue weighted by Gasteiger charge is 2.06. The number of ether oxygens (including phenoxy) is 1. The van der Waals surface area contributed by atoms with Gasteiger partial charge in [-0.1, -0.05) is 18.7 Å². The van der Waals surface area contributed by atoms with Gasteiger partial charge in [0.2, 0.25) is 0 Å². The molecule has 0 aliphatic rings. The number of amides is 1. The molecule has 0 atom stereocenters. The van der Waals surface area contributed by atoms with Gasteiger partial charge in [0.25, 0.3) is 5.91 Å². The molecule has 0 radical (unpaired) electrons. The number of nitrogens with one attached hydrogen (secondary N) is 1. The van der Waals surface area contributed by atoms with E-state index in [2.05, 4.69) is 10.3 Å². The monoisotopic (exact) mass is 347 g/mol. The fourth-order valence-corrected chi connectivity index (χ4v) is 2.75. The maximum atomic E-state index is 11.7. The lowest BCUT2D eigenvalue weighted by Crippen LogP contribution is -2.30. The SMILES string of the molecule is CCC(=O)c1ccc(OCC(=O)NCCSc2nccn2C)cc1. The molecular weight excluding hydrogens is 326 g/mol. The molecule has 1 N–H and O–H groups in total. The molecule has 0 aliphatic heterocycles. The summed E-state index contributed by atoms with van der Waals surface area (Å²) in [6.45, 7) is 2.32. The summed E-state index contributed by atoms with van der Waals surface area (Å²) in [5, 5.41) is 3.72. The Morgan fingerprint density at radius 1 is 1.29 bits per heavy atom. The van der Waals surface area contributed by atoms with Gasteiger partial charge in [-0.05, 0) is 24.3 Å². The van der Waals surface area contributed by atoms with Crippen LogP contribution in [0.2, 0.25) is 0 Å². The van der Waals surface area contributed by atoms with Crippen molar-refractivity contribution in [3.63, 3.8) is 0 Å². The molecule has 1 amide bonds. The lowest BCUT2D eigenvalue weighted by Gasteiger charge is -2.08. The van der Waals surface area contributed by atoms with Crippen molar-refractivity contribution in [2.75, 3.05) is 18.9 Å². The minimum atomic E-state index is -0.177. The molecule has 1 heterocycles. The molecule has 2 rings (SSSR count). The minimum Gasteiger partial charge on any atom is -0.484 e. The van der Waals surface area contributed by atoms with Gasteiger partial charge in [0.15, 0.2) is 17.5 Å². The summed E-state index contributed by atoms with van der Waals surface area (Å²) in [4.78, 5) is 27.5. The molecule has 0 bridgehead atoms. The Morgan fingerprint density at radius 3 is 2.67 bits per heavy atom. The number of nitrogens with zero attached hydrogens (tertiary/aromatic N) is 2. The first-order valence-electron chi connectivity index (χ1n) is 7.73. The molecule has 6 nitrogen and oxygen atoms in total. The van der Waals surface area contributed by atoms with Gasteiger partial charge in [-0.25, -0.2) is 4.98 Å². The minimum absolute atomic E-state index is 0.0475. The van der Waals surface area contributed by atoms with Crippen LogP contribution < -0.4 is 10.1 Å². The number of hydrogen-bond acceptors (Lipinski definition) is 5. The number of carbonyl (C=O) groups excluding carboxylic acids is 2. The predicted octanol–water partition coefficient (Wildman–Crippen LogP) is 2.30. The number of benzene rings is 1. The van der Waals surface area contributed by atoms with Crippen LogP contribution in [-0.2, 0) is 11.8 Å². The summed E-state index contributed by atoms with van der Waals surface area (Å²) < 4.78 is 7.34. The zero-order valence-corrected chi connectivity index (χ0v) is 14.6. The second kappa shape index (κ2) is 9.12. The smallest absolute Gasteiger partial charge is 0.257 e. The van der Waals surface area contributed by atoms with Crippen molar-refractivity contribution < 1.29 is 14.3 Å². The van der Waals surface area contributed by atoms with Crippen molar-refractivity contribution >= 4 is 23.5 Å². The van der Waals surface area contributed by atoms with E-state index in [9.17, 15) is 9.59 Å². The van der Waals surface area contributed by atoms with Gasteiger partial charge in [-0.15, -0.1) is 0 Å². The van der Waals surface area contributed by atoms with Crippen molar-refractivity contribution in [2.24, 2.45) is 7.05 Å². The molecule has 128 valence electrons. The van der Waals surface area contributed by atoms with Gasteiger partial charge < -0.3 is 14.6 Å². The normalized spacial score (nSPS) is 10.4. The Bertz CT molecular complexity index is 683. The number of imidazole rings is 1. The zero-order chi connectivity index (χ0) is 17.4. The summed E-state index contributed by atoms with van der Waals surface area (Å²) in [5.74, 6) is 1.22. The molecule has 0 saturated carbocycles. The van der Waals surface area contributed by atoms with Crippen LogP contribution in [0.4, 0.5) is 0 Å². The number of aromatic nitrogens is 2. The van der Waals surface area contributed by atoms with E-state index in [0.717, 1.165) is 10.9 Å². The van der Waals surface area contributed by atoms with E-state index in [1.165, 1.54) is 0 Å². The van der Waals surface area contributed by atoms with E-state index < -0.39 is 0 Å². The van der Waals surface area contributed by atoms with Crippen LogP contribution in [0.15, 0.2) is 41.8 Å². The highest BCUT2D eigenvalue weighted by Crippen LogP contribution is 2.14. The molecule has 7 heteroatoms. The maximum Gasteiger partial charge on any atom is 0.257 e. The Morgan fingerprint density at radius 2 is 2.04 bits per heavy atom. The van der Waals surface area contributed by atoms with Crippen molar-refractivity contribution in [3.05, 3.63) is 42.2 Å². The van der Waals surface area contributed by atoms with Gasteiger partial charge in [-0.3, -0.25) is 9.59 Å². The second-order valence-electron chi connectivity index (χ2n) is 5.11. The Kier molecular flexibility index (Phi) is 6.87.